The zero-order chi connectivity index (χ0) is 20.8. The van der Waals surface area contributed by atoms with Gasteiger partial charge in [-0.3, -0.25) is 9.82 Å². The molecule has 2 aromatic carbocycles. The molecule has 5 N–H and O–H groups in total. The van der Waals surface area contributed by atoms with Crippen molar-refractivity contribution in [2.24, 2.45) is 0 Å². The molecule has 0 saturated carbocycles. The van der Waals surface area contributed by atoms with E-state index in [1.54, 1.807) is 37.3 Å². The van der Waals surface area contributed by atoms with Gasteiger partial charge in [0.25, 0.3) is 10.0 Å². The molecule has 0 aliphatic carbocycles. The number of benzene rings is 2. The monoisotopic (exact) mass is 429 g/mol. The normalized spacial score (nSPS) is 11.7. The number of nitrogen functional groups attached to an aromatic ring is 1. The van der Waals surface area contributed by atoms with Crippen molar-refractivity contribution in [1.29, 1.82) is 0 Å². The lowest BCUT2D eigenvalue weighted by Crippen LogP contribution is -2.13. The maximum absolute atomic E-state index is 12.6. The highest BCUT2D eigenvalue weighted by Crippen LogP contribution is 2.32. The number of aromatic nitrogens is 3. The second kappa shape index (κ2) is 6.94. The van der Waals surface area contributed by atoms with Crippen LogP contribution in [0.15, 0.2) is 53.4 Å². The molecule has 0 saturated heterocycles. The van der Waals surface area contributed by atoms with Crippen molar-refractivity contribution < 1.29 is 13.5 Å². The molecule has 148 valence electrons. The lowest BCUT2D eigenvalue weighted by atomic mass is 10.1. The Kier molecular flexibility index (Phi) is 4.56. The molecule has 0 radical (unpaired) electrons. The molecule has 2 aromatic heterocycles. The number of pyridine rings is 1. The SMILES string of the molecule is Cc1ccc(O)c(S(=O)(=O)Nc2ccc(-c3ccc4[nH]nc(N)c4n3)c(Cl)c2)c1. The first-order valence-electron chi connectivity index (χ1n) is 8.47. The smallest absolute Gasteiger partial charge is 0.265 e. The van der Waals surface area contributed by atoms with Gasteiger partial charge in [0.2, 0.25) is 0 Å². The third kappa shape index (κ3) is 3.57. The average molecular weight is 430 g/mol. The lowest BCUT2D eigenvalue weighted by molar-refractivity contribution is 0.459. The van der Waals surface area contributed by atoms with Gasteiger partial charge < -0.3 is 10.8 Å². The van der Waals surface area contributed by atoms with Crippen LogP contribution >= 0.6 is 11.6 Å². The van der Waals surface area contributed by atoms with Crippen molar-refractivity contribution in [2.45, 2.75) is 11.8 Å². The molecule has 0 fully saturated rings. The fraction of sp³-hybridized carbons (Fsp3) is 0.0526. The van der Waals surface area contributed by atoms with Crippen LogP contribution in [0.3, 0.4) is 0 Å². The number of rotatable bonds is 4. The predicted molar refractivity (Wildman–Crippen MR) is 112 cm³/mol. The number of phenolic OH excluding ortho intramolecular Hbond substituents is 1. The summed E-state index contributed by atoms with van der Waals surface area (Å²) < 4.78 is 27.7. The number of nitrogens with zero attached hydrogens (tertiary/aromatic N) is 2. The number of phenols is 1. The summed E-state index contributed by atoms with van der Waals surface area (Å²) in [6.45, 7) is 1.74. The van der Waals surface area contributed by atoms with E-state index in [4.69, 9.17) is 17.3 Å². The summed E-state index contributed by atoms with van der Waals surface area (Å²) in [6.07, 6.45) is 0. The number of nitrogens with one attached hydrogen (secondary N) is 2. The Morgan fingerprint density at radius 3 is 2.69 bits per heavy atom. The van der Waals surface area contributed by atoms with Crippen molar-refractivity contribution in [3.63, 3.8) is 0 Å². The topological polar surface area (TPSA) is 134 Å². The van der Waals surface area contributed by atoms with Gasteiger partial charge in [0, 0.05) is 5.56 Å². The zero-order valence-electron chi connectivity index (χ0n) is 15.1. The van der Waals surface area contributed by atoms with E-state index in [9.17, 15) is 13.5 Å². The fourth-order valence-corrected chi connectivity index (χ4v) is 4.41. The van der Waals surface area contributed by atoms with Gasteiger partial charge in [0.05, 0.1) is 21.9 Å². The molecule has 8 nitrogen and oxygen atoms in total. The summed E-state index contributed by atoms with van der Waals surface area (Å²) in [6, 6.07) is 12.6. The first-order valence-corrected chi connectivity index (χ1v) is 10.3. The maximum Gasteiger partial charge on any atom is 0.265 e. The summed E-state index contributed by atoms with van der Waals surface area (Å²) in [7, 11) is -3.99. The number of anilines is 2. The van der Waals surface area contributed by atoms with Gasteiger partial charge in [-0.05, 0) is 55.0 Å². The quantitative estimate of drug-likeness (QED) is 0.391. The van der Waals surface area contributed by atoms with Crippen LogP contribution in [-0.4, -0.2) is 28.7 Å². The molecule has 0 atom stereocenters. The Morgan fingerprint density at radius 2 is 1.93 bits per heavy atom. The largest absolute Gasteiger partial charge is 0.507 e. The minimum absolute atomic E-state index is 0.208. The Morgan fingerprint density at radius 1 is 1.14 bits per heavy atom. The predicted octanol–water partition coefficient (Wildman–Crippen LogP) is 3.68. The maximum atomic E-state index is 12.6. The van der Waals surface area contributed by atoms with Crippen molar-refractivity contribution in [3.05, 3.63) is 59.1 Å². The second-order valence-electron chi connectivity index (χ2n) is 6.47. The number of nitrogens with two attached hydrogens (primary N) is 1. The van der Waals surface area contributed by atoms with Gasteiger partial charge in [0.15, 0.2) is 5.82 Å². The van der Waals surface area contributed by atoms with Crippen molar-refractivity contribution >= 4 is 44.2 Å². The standard InChI is InChI=1S/C19H16ClN5O3S/c1-10-2-7-16(26)17(8-10)29(27,28)25-11-3-4-12(13(20)9-11)14-5-6-15-18(22-14)19(21)24-23-15/h2-9,25-26H,1H3,(H3,21,23,24). The summed E-state index contributed by atoms with van der Waals surface area (Å²) in [5.74, 6) is -0.0543. The Bertz CT molecular complexity index is 1350. The first kappa shape index (κ1) is 19.0. The molecule has 0 unspecified atom stereocenters. The number of halogens is 1. The number of aromatic hydroxyl groups is 1. The second-order valence-corrected chi connectivity index (χ2v) is 8.53. The third-order valence-corrected chi connectivity index (χ3v) is 6.06. The molecule has 0 bridgehead atoms. The number of H-pyrrole nitrogens is 1. The molecule has 2 heterocycles. The molecule has 29 heavy (non-hydrogen) atoms. The van der Waals surface area contributed by atoms with E-state index in [1.807, 2.05) is 0 Å². The molecule has 4 aromatic rings. The highest BCUT2D eigenvalue weighted by atomic mass is 35.5. The van der Waals surface area contributed by atoms with Gasteiger partial charge in [-0.25, -0.2) is 13.4 Å². The number of aryl methyl sites for hydroxylation is 1. The summed E-state index contributed by atoms with van der Waals surface area (Å²) in [5, 5.41) is 16.9. The highest BCUT2D eigenvalue weighted by Gasteiger charge is 2.20. The number of hydrogen-bond donors (Lipinski definition) is 4. The van der Waals surface area contributed by atoms with Crippen molar-refractivity contribution in [1.82, 2.24) is 15.2 Å². The van der Waals surface area contributed by atoms with Crippen LogP contribution in [0.5, 0.6) is 5.75 Å². The Labute approximate surface area is 171 Å². The van der Waals surface area contributed by atoms with E-state index in [2.05, 4.69) is 19.9 Å². The van der Waals surface area contributed by atoms with E-state index in [1.165, 1.54) is 18.2 Å². The summed E-state index contributed by atoms with van der Waals surface area (Å²) >= 11 is 6.38. The minimum atomic E-state index is -3.99. The molecule has 0 aliphatic heterocycles. The van der Waals surface area contributed by atoms with E-state index in [0.29, 0.717) is 32.9 Å². The Hall–Kier alpha value is -3.30. The molecule has 4 rings (SSSR count). The Balaban J connectivity index is 1.68. The van der Waals surface area contributed by atoms with Crippen LogP contribution in [0.25, 0.3) is 22.3 Å². The van der Waals surface area contributed by atoms with Crippen molar-refractivity contribution in [2.75, 3.05) is 10.5 Å². The van der Waals surface area contributed by atoms with Crippen LogP contribution in [0.4, 0.5) is 11.5 Å². The van der Waals surface area contributed by atoms with Crippen LogP contribution in [0.2, 0.25) is 5.02 Å². The summed E-state index contributed by atoms with van der Waals surface area (Å²) in [4.78, 5) is 4.26. The molecule has 10 heteroatoms. The number of aromatic amines is 1. The van der Waals surface area contributed by atoms with Crippen LogP contribution in [0.1, 0.15) is 5.56 Å². The van der Waals surface area contributed by atoms with E-state index in [-0.39, 0.29) is 22.2 Å². The van der Waals surface area contributed by atoms with Crippen LogP contribution in [0, 0.1) is 6.92 Å². The highest BCUT2D eigenvalue weighted by molar-refractivity contribution is 7.92. The molecular weight excluding hydrogens is 414 g/mol. The van der Waals surface area contributed by atoms with E-state index in [0.717, 1.165) is 0 Å². The minimum Gasteiger partial charge on any atom is -0.507 e. The number of hydrogen-bond acceptors (Lipinski definition) is 6. The van der Waals surface area contributed by atoms with E-state index < -0.39 is 10.0 Å². The van der Waals surface area contributed by atoms with Gasteiger partial charge in [-0.1, -0.05) is 17.7 Å². The number of fused-ring (bicyclic) bond motifs is 1. The van der Waals surface area contributed by atoms with Gasteiger partial charge in [-0.15, -0.1) is 0 Å². The van der Waals surface area contributed by atoms with Gasteiger partial charge >= 0.3 is 0 Å². The van der Waals surface area contributed by atoms with Gasteiger partial charge in [0.1, 0.15) is 16.2 Å². The van der Waals surface area contributed by atoms with Crippen LogP contribution in [-0.2, 0) is 10.0 Å². The van der Waals surface area contributed by atoms with Crippen LogP contribution < -0.4 is 10.5 Å². The zero-order valence-corrected chi connectivity index (χ0v) is 16.7. The molecule has 0 spiro atoms. The van der Waals surface area contributed by atoms with Gasteiger partial charge in [-0.2, -0.15) is 5.10 Å². The lowest BCUT2D eigenvalue weighted by Gasteiger charge is -2.12. The molecular formula is C19H16ClN5O3S. The van der Waals surface area contributed by atoms with E-state index >= 15 is 0 Å². The summed E-state index contributed by atoms with van der Waals surface area (Å²) in [5.41, 5.74) is 9.16. The third-order valence-electron chi connectivity index (χ3n) is 4.34. The molecule has 0 aliphatic rings. The first-order chi connectivity index (χ1) is 13.7. The molecule has 0 amide bonds. The van der Waals surface area contributed by atoms with Crippen molar-refractivity contribution in [3.8, 4) is 17.0 Å². The average Bonchev–Trinajstić information content (AvgIpc) is 3.04. The fourth-order valence-electron chi connectivity index (χ4n) is 2.90. The number of sulfonamides is 1.